The second kappa shape index (κ2) is 12.0. The average Bonchev–Trinajstić information content (AvgIpc) is 3.11. The maximum atomic E-state index is 10.5. The van der Waals surface area contributed by atoms with Gasteiger partial charge in [0.15, 0.2) is 0 Å². The maximum Gasteiger partial charge on any atom is 0.303 e. The summed E-state index contributed by atoms with van der Waals surface area (Å²) in [7, 11) is 0. The smallest absolute Gasteiger partial charge is 0.303 e. The highest BCUT2D eigenvalue weighted by molar-refractivity contribution is 9.10. The number of aryl methyl sites for hydroxylation is 2. The molecule has 1 aromatic rings. The summed E-state index contributed by atoms with van der Waals surface area (Å²) in [6.45, 7) is 4.25. The Morgan fingerprint density at radius 2 is 2.17 bits per heavy atom. The maximum absolute atomic E-state index is 10.5. The van der Waals surface area contributed by atoms with Crippen LogP contribution < -0.4 is 0 Å². The van der Waals surface area contributed by atoms with Crippen LogP contribution in [0.5, 0.6) is 0 Å². The molecule has 162 valence electrons. The van der Waals surface area contributed by atoms with Gasteiger partial charge in [0.1, 0.15) is 0 Å². The van der Waals surface area contributed by atoms with E-state index in [1.54, 1.807) is 11.3 Å². The number of aliphatic hydroxyl groups is 2. The van der Waals surface area contributed by atoms with Crippen molar-refractivity contribution >= 4 is 33.2 Å². The minimum Gasteiger partial charge on any atom is -0.481 e. The van der Waals surface area contributed by atoms with Crippen LogP contribution >= 0.6 is 27.3 Å². The van der Waals surface area contributed by atoms with E-state index in [0.717, 1.165) is 30.2 Å². The number of aliphatic carboxylic acids is 1. The van der Waals surface area contributed by atoms with Crippen LogP contribution in [-0.4, -0.2) is 33.5 Å². The third-order valence-electron chi connectivity index (χ3n) is 5.75. The average molecular weight is 485 g/mol. The molecule has 1 aliphatic carbocycles. The molecule has 0 aliphatic heterocycles. The first-order valence-electron chi connectivity index (χ1n) is 10.4. The molecule has 0 radical (unpaired) electrons. The first-order chi connectivity index (χ1) is 13.8. The molecule has 0 amide bonds. The van der Waals surface area contributed by atoms with Crippen molar-refractivity contribution in [3.05, 3.63) is 44.6 Å². The monoisotopic (exact) mass is 484 g/mol. The molecule has 29 heavy (non-hydrogen) atoms. The topological polar surface area (TPSA) is 77.8 Å². The molecular formula is C23H33BrO4S. The van der Waals surface area contributed by atoms with Crippen LogP contribution in [-0.2, 0) is 11.2 Å². The summed E-state index contributed by atoms with van der Waals surface area (Å²) in [5, 5.41) is 29.5. The van der Waals surface area contributed by atoms with Gasteiger partial charge in [0.25, 0.3) is 0 Å². The van der Waals surface area contributed by atoms with Gasteiger partial charge in [0.05, 0.1) is 12.2 Å². The molecule has 2 rings (SSSR count). The van der Waals surface area contributed by atoms with Crippen molar-refractivity contribution in [2.75, 3.05) is 0 Å². The molecule has 1 saturated carbocycles. The Labute approximate surface area is 186 Å². The van der Waals surface area contributed by atoms with Gasteiger partial charge in [-0.25, -0.2) is 0 Å². The second-order valence-electron chi connectivity index (χ2n) is 8.12. The van der Waals surface area contributed by atoms with Crippen LogP contribution in [0.25, 0.3) is 0 Å². The number of rotatable bonds is 11. The molecule has 4 nitrogen and oxygen atoms in total. The summed E-state index contributed by atoms with van der Waals surface area (Å²) >= 11 is 5.30. The number of thiophene rings is 1. The fourth-order valence-electron chi connectivity index (χ4n) is 4.06. The molecule has 1 aromatic heterocycles. The molecular weight excluding hydrogens is 452 g/mol. The number of carboxylic acids is 1. The van der Waals surface area contributed by atoms with Gasteiger partial charge in [-0.05, 0) is 85.2 Å². The van der Waals surface area contributed by atoms with Crippen molar-refractivity contribution in [3.63, 3.8) is 0 Å². The Bertz CT molecular complexity index is 692. The summed E-state index contributed by atoms with van der Waals surface area (Å²) in [5.74, 6) is 0.0281. The fourth-order valence-corrected chi connectivity index (χ4v) is 5.68. The minimum absolute atomic E-state index is 0.153. The third kappa shape index (κ3) is 8.00. The summed E-state index contributed by atoms with van der Waals surface area (Å²) in [6, 6.07) is 2.13. The van der Waals surface area contributed by atoms with Crippen molar-refractivity contribution in [3.8, 4) is 0 Å². The molecule has 1 heterocycles. The van der Waals surface area contributed by atoms with Crippen LogP contribution in [0.2, 0.25) is 0 Å². The lowest BCUT2D eigenvalue weighted by atomic mass is 9.86. The highest BCUT2D eigenvalue weighted by Crippen LogP contribution is 2.40. The summed E-state index contributed by atoms with van der Waals surface area (Å²) in [4.78, 5) is 13.1. The predicted octanol–water partition coefficient (Wildman–Crippen LogP) is 5.50. The second-order valence-corrected chi connectivity index (χ2v) is 10.3. The van der Waals surface area contributed by atoms with Gasteiger partial charge in [-0.2, -0.15) is 0 Å². The number of allylic oxidation sites excluding steroid dienone is 3. The molecule has 0 saturated heterocycles. The zero-order valence-electron chi connectivity index (χ0n) is 17.3. The summed E-state index contributed by atoms with van der Waals surface area (Å²) in [5.41, 5.74) is 0. The number of aliphatic hydroxyl groups excluding tert-OH is 2. The van der Waals surface area contributed by atoms with Crippen molar-refractivity contribution < 1.29 is 20.1 Å². The number of carboxylic acid groups (broad SMARTS) is 1. The number of hydrogen-bond donors (Lipinski definition) is 3. The van der Waals surface area contributed by atoms with Gasteiger partial charge in [0, 0.05) is 20.6 Å². The molecule has 0 spiro atoms. The molecule has 6 heteroatoms. The molecule has 5 atom stereocenters. The Morgan fingerprint density at radius 1 is 1.41 bits per heavy atom. The summed E-state index contributed by atoms with van der Waals surface area (Å²) in [6.07, 6.45) is 12.0. The van der Waals surface area contributed by atoms with E-state index in [4.69, 9.17) is 5.11 Å². The van der Waals surface area contributed by atoms with Crippen LogP contribution in [0.4, 0.5) is 0 Å². The van der Waals surface area contributed by atoms with Gasteiger partial charge in [-0.1, -0.05) is 31.2 Å². The molecule has 3 unspecified atom stereocenters. The molecule has 1 aliphatic rings. The van der Waals surface area contributed by atoms with E-state index in [1.165, 1.54) is 9.75 Å². The first kappa shape index (κ1) is 24.3. The summed E-state index contributed by atoms with van der Waals surface area (Å²) < 4.78 is 1.13. The van der Waals surface area contributed by atoms with E-state index in [0.29, 0.717) is 18.8 Å². The van der Waals surface area contributed by atoms with E-state index < -0.39 is 12.1 Å². The molecule has 0 bridgehead atoms. The van der Waals surface area contributed by atoms with Crippen molar-refractivity contribution in [1.29, 1.82) is 0 Å². The van der Waals surface area contributed by atoms with Crippen molar-refractivity contribution in [2.24, 2.45) is 17.8 Å². The lowest BCUT2D eigenvalue weighted by molar-refractivity contribution is -0.137. The fraction of sp³-hybridized carbons (Fsp3) is 0.609. The first-order valence-corrected chi connectivity index (χ1v) is 12.0. The van der Waals surface area contributed by atoms with Crippen molar-refractivity contribution in [1.82, 2.24) is 0 Å². The van der Waals surface area contributed by atoms with Gasteiger partial charge in [-0.3, -0.25) is 4.79 Å². The normalized spacial score (nSPS) is 26.0. The lowest BCUT2D eigenvalue weighted by Crippen LogP contribution is -2.18. The number of carbonyl (C=O) groups is 1. The van der Waals surface area contributed by atoms with Crippen LogP contribution in [0, 0.1) is 24.7 Å². The highest BCUT2D eigenvalue weighted by atomic mass is 79.9. The van der Waals surface area contributed by atoms with Crippen LogP contribution in [0.15, 0.2) is 34.8 Å². The van der Waals surface area contributed by atoms with E-state index in [1.807, 2.05) is 12.2 Å². The zero-order chi connectivity index (χ0) is 21.4. The largest absolute Gasteiger partial charge is 0.481 e. The van der Waals surface area contributed by atoms with Crippen molar-refractivity contribution in [2.45, 2.75) is 71.0 Å². The Balaban J connectivity index is 1.83. The van der Waals surface area contributed by atoms with E-state index in [-0.39, 0.29) is 24.4 Å². The predicted molar refractivity (Wildman–Crippen MR) is 122 cm³/mol. The number of hydrogen-bond acceptors (Lipinski definition) is 4. The van der Waals surface area contributed by atoms with Gasteiger partial charge >= 0.3 is 5.97 Å². The SMILES string of the molecule is Cc1sc(CCC(O)C=C[C@H]2C(C)CC(O)[C@@H]2CC=CCCCC(=O)O)cc1Br. The van der Waals surface area contributed by atoms with E-state index in [9.17, 15) is 15.0 Å². The van der Waals surface area contributed by atoms with E-state index in [2.05, 4.69) is 48.0 Å². The number of unbranched alkanes of at least 4 members (excludes halogenated alkanes) is 1. The van der Waals surface area contributed by atoms with Gasteiger partial charge < -0.3 is 15.3 Å². The van der Waals surface area contributed by atoms with Crippen LogP contribution in [0.3, 0.4) is 0 Å². The molecule has 1 fully saturated rings. The Hall–Kier alpha value is -0.950. The van der Waals surface area contributed by atoms with Crippen LogP contribution in [0.1, 0.15) is 55.2 Å². The van der Waals surface area contributed by atoms with Gasteiger partial charge in [0.2, 0.25) is 0 Å². The standard InChI is InChI=1S/C23H33BrO4S/c1-15-13-22(26)20(7-5-3-4-6-8-23(27)28)19(15)12-10-17(25)9-11-18-14-21(24)16(2)29-18/h3,5,10,12,14-15,17,19-20,22,25-26H,4,6-9,11,13H2,1-2H3,(H,27,28)/t15?,17?,19-,20+,22?/m0/s1. The lowest BCUT2D eigenvalue weighted by Gasteiger charge is -2.20. The molecule has 3 N–H and O–H groups in total. The van der Waals surface area contributed by atoms with Gasteiger partial charge in [-0.15, -0.1) is 11.3 Å². The zero-order valence-corrected chi connectivity index (χ0v) is 19.7. The minimum atomic E-state index is -0.760. The Kier molecular flexibility index (Phi) is 10.1. The Morgan fingerprint density at radius 3 is 2.83 bits per heavy atom. The van der Waals surface area contributed by atoms with E-state index >= 15 is 0 Å². The number of halogens is 1. The molecule has 0 aromatic carbocycles. The third-order valence-corrected chi connectivity index (χ3v) is 7.94. The quantitative estimate of drug-likeness (QED) is 0.286. The highest BCUT2D eigenvalue weighted by Gasteiger charge is 2.37.